The van der Waals surface area contributed by atoms with Gasteiger partial charge in [0.05, 0.1) is 5.56 Å². The number of nitrogens with one attached hydrogen (secondary N) is 1. The maximum Gasteiger partial charge on any atom is 0.261 e. The number of anilines is 1. The molecule has 0 bridgehead atoms. The van der Waals surface area contributed by atoms with Crippen molar-refractivity contribution in [2.45, 2.75) is 32.6 Å². The number of thiophene rings is 1. The summed E-state index contributed by atoms with van der Waals surface area (Å²) < 4.78 is 6.08. The van der Waals surface area contributed by atoms with Crippen LogP contribution in [0.1, 0.15) is 44.8 Å². The van der Waals surface area contributed by atoms with E-state index in [1.54, 1.807) is 6.07 Å². The molecule has 0 aliphatic heterocycles. The van der Waals surface area contributed by atoms with Crippen molar-refractivity contribution in [3.8, 4) is 6.07 Å². The van der Waals surface area contributed by atoms with Crippen LogP contribution in [0.2, 0.25) is 0 Å². The molecule has 5 rings (SSSR count). The van der Waals surface area contributed by atoms with Crippen LogP contribution in [0.4, 0.5) is 10.7 Å². The van der Waals surface area contributed by atoms with E-state index in [1.807, 2.05) is 55.5 Å². The third-order valence-corrected chi connectivity index (χ3v) is 6.83. The molecule has 158 valence electrons. The zero-order valence-electron chi connectivity index (χ0n) is 17.6. The number of amides is 1. The molecule has 0 unspecified atom stereocenters. The lowest BCUT2D eigenvalue weighted by molar-refractivity contribution is 0.102. The summed E-state index contributed by atoms with van der Waals surface area (Å²) in [5, 5.41) is 14.2. The predicted octanol–water partition coefficient (Wildman–Crippen LogP) is 6.04. The largest absolute Gasteiger partial charge is 0.437 e. The second-order valence-corrected chi connectivity index (χ2v) is 9.02. The van der Waals surface area contributed by atoms with Gasteiger partial charge in [-0.1, -0.05) is 30.3 Å². The standard InChI is InChI=1S/C26H21N3O2S/c1-16-7-6-9-18(13-16)28-24(30)20-14-17-8-2-4-11-22(17)31-25(20)29-26-21(15-27)19-10-3-5-12-23(19)32-26/h2,4,6-9,11,13-14H,3,5,10,12H2,1H3,(H,28,30)/b29-25-. The Morgan fingerprint density at radius 2 is 1.97 bits per heavy atom. The quantitative estimate of drug-likeness (QED) is 0.423. The Hall–Kier alpha value is -3.69. The highest BCUT2D eigenvalue weighted by atomic mass is 32.1. The number of aryl methyl sites for hydroxylation is 2. The fourth-order valence-electron chi connectivity index (χ4n) is 4.07. The van der Waals surface area contributed by atoms with Crippen molar-refractivity contribution in [1.82, 2.24) is 0 Å². The smallest absolute Gasteiger partial charge is 0.261 e. The van der Waals surface area contributed by atoms with Gasteiger partial charge in [0.25, 0.3) is 5.91 Å². The van der Waals surface area contributed by atoms with E-state index in [1.165, 1.54) is 16.2 Å². The van der Waals surface area contributed by atoms with Crippen molar-refractivity contribution < 1.29 is 9.21 Å². The first-order valence-corrected chi connectivity index (χ1v) is 11.4. The van der Waals surface area contributed by atoms with Crippen molar-refractivity contribution in [2.24, 2.45) is 4.99 Å². The highest BCUT2D eigenvalue weighted by molar-refractivity contribution is 7.16. The van der Waals surface area contributed by atoms with Crippen LogP contribution in [0.3, 0.4) is 0 Å². The second-order valence-electron chi connectivity index (χ2n) is 7.94. The van der Waals surface area contributed by atoms with Gasteiger partial charge in [0.15, 0.2) is 0 Å². The Morgan fingerprint density at radius 1 is 1.12 bits per heavy atom. The van der Waals surface area contributed by atoms with Gasteiger partial charge in [0, 0.05) is 16.0 Å². The van der Waals surface area contributed by atoms with E-state index >= 15 is 0 Å². The first kappa shape index (κ1) is 20.2. The van der Waals surface area contributed by atoms with Gasteiger partial charge in [0.1, 0.15) is 22.2 Å². The molecule has 5 nitrogen and oxygen atoms in total. The zero-order chi connectivity index (χ0) is 22.1. The SMILES string of the molecule is Cc1cccc(NC(=O)c2cc3ccccc3o/c2=N\c2sc3c(c2C#N)CCCC3)c1. The normalized spacial score (nSPS) is 13.6. The maximum absolute atomic E-state index is 13.2. The van der Waals surface area contributed by atoms with Gasteiger partial charge in [0.2, 0.25) is 5.55 Å². The summed E-state index contributed by atoms with van der Waals surface area (Å²) in [6.45, 7) is 1.98. The second kappa shape index (κ2) is 8.45. The van der Waals surface area contributed by atoms with Crippen molar-refractivity contribution in [3.05, 3.63) is 87.3 Å². The Bertz CT molecular complexity index is 1460. The third kappa shape index (κ3) is 3.83. The summed E-state index contributed by atoms with van der Waals surface area (Å²) in [6.07, 6.45) is 4.09. The Balaban J connectivity index is 1.66. The summed E-state index contributed by atoms with van der Waals surface area (Å²) in [4.78, 5) is 19.2. The van der Waals surface area contributed by atoms with Crippen molar-refractivity contribution in [2.75, 3.05) is 5.32 Å². The molecule has 2 heterocycles. The summed E-state index contributed by atoms with van der Waals surface area (Å²) in [7, 11) is 0. The average Bonchev–Trinajstić information content (AvgIpc) is 3.15. The lowest BCUT2D eigenvalue weighted by atomic mass is 9.96. The van der Waals surface area contributed by atoms with E-state index in [0.717, 1.165) is 42.2 Å². The van der Waals surface area contributed by atoms with Gasteiger partial charge in [-0.2, -0.15) is 5.26 Å². The molecule has 0 radical (unpaired) electrons. The lowest BCUT2D eigenvalue weighted by Crippen LogP contribution is -2.21. The topological polar surface area (TPSA) is 78.4 Å². The van der Waals surface area contributed by atoms with E-state index in [0.29, 0.717) is 27.4 Å². The van der Waals surface area contributed by atoms with Gasteiger partial charge in [-0.05, 0) is 68.0 Å². The average molecular weight is 440 g/mol. The van der Waals surface area contributed by atoms with Crippen LogP contribution in [-0.2, 0) is 12.8 Å². The predicted molar refractivity (Wildman–Crippen MR) is 126 cm³/mol. The Kier molecular flexibility index (Phi) is 5.34. The molecular formula is C26H21N3O2S. The van der Waals surface area contributed by atoms with Crippen molar-refractivity contribution in [1.29, 1.82) is 5.26 Å². The molecule has 0 fully saturated rings. The summed E-state index contributed by atoms with van der Waals surface area (Å²) in [5.41, 5.74) is 4.66. The number of carbonyl (C=O) groups is 1. The number of hydrogen-bond donors (Lipinski definition) is 1. The van der Waals surface area contributed by atoms with Crippen LogP contribution in [0, 0.1) is 18.3 Å². The minimum absolute atomic E-state index is 0.212. The Labute approximate surface area is 189 Å². The van der Waals surface area contributed by atoms with Gasteiger partial charge in [-0.25, -0.2) is 4.99 Å². The summed E-state index contributed by atoms with van der Waals surface area (Å²) in [5.74, 6) is -0.302. The minimum atomic E-state index is -0.302. The molecule has 0 saturated carbocycles. The number of nitrogens with zero attached hydrogens (tertiary/aromatic N) is 2. The van der Waals surface area contributed by atoms with E-state index in [-0.39, 0.29) is 11.5 Å². The molecule has 1 aliphatic rings. The molecule has 1 amide bonds. The Morgan fingerprint density at radius 3 is 2.81 bits per heavy atom. The molecule has 1 aliphatic carbocycles. The van der Waals surface area contributed by atoms with Crippen LogP contribution in [0.15, 0.2) is 64.0 Å². The molecule has 0 spiro atoms. The number of rotatable bonds is 3. The van der Waals surface area contributed by atoms with Gasteiger partial charge < -0.3 is 9.73 Å². The molecule has 1 N–H and O–H groups in total. The molecule has 2 aromatic heterocycles. The van der Waals surface area contributed by atoms with E-state index in [2.05, 4.69) is 11.4 Å². The summed E-state index contributed by atoms with van der Waals surface area (Å²) in [6, 6.07) is 19.3. The third-order valence-electron chi connectivity index (χ3n) is 5.64. The van der Waals surface area contributed by atoms with Gasteiger partial charge in [-0.15, -0.1) is 11.3 Å². The number of fused-ring (bicyclic) bond motifs is 2. The fraction of sp³-hybridized carbons (Fsp3) is 0.192. The van der Waals surface area contributed by atoms with Crippen LogP contribution in [0.5, 0.6) is 0 Å². The maximum atomic E-state index is 13.2. The lowest BCUT2D eigenvalue weighted by Gasteiger charge is -2.09. The number of benzene rings is 2. The van der Waals surface area contributed by atoms with Crippen LogP contribution in [-0.4, -0.2) is 5.91 Å². The van der Waals surface area contributed by atoms with E-state index < -0.39 is 0 Å². The first-order valence-electron chi connectivity index (χ1n) is 10.6. The van der Waals surface area contributed by atoms with Crippen LogP contribution < -0.4 is 10.9 Å². The first-order chi connectivity index (χ1) is 15.6. The number of para-hydroxylation sites is 1. The highest BCUT2D eigenvalue weighted by Gasteiger charge is 2.21. The number of nitriles is 1. The molecule has 4 aromatic rings. The summed E-state index contributed by atoms with van der Waals surface area (Å²) >= 11 is 1.53. The molecule has 32 heavy (non-hydrogen) atoms. The van der Waals surface area contributed by atoms with Crippen molar-refractivity contribution >= 4 is 38.9 Å². The number of hydrogen-bond acceptors (Lipinski definition) is 5. The fourth-order valence-corrected chi connectivity index (χ4v) is 5.28. The van der Waals surface area contributed by atoms with Gasteiger partial charge >= 0.3 is 0 Å². The molecule has 2 aromatic carbocycles. The van der Waals surface area contributed by atoms with Crippen molar-refractivity contribution in [3.63, 3.8) is 0 Å². The molecular weight excluding hydrogens is 418 g/mol. The minimum Gasteiger partial charge on any atom is -0.437 e. The monoisotopic (exact) mass is 439 g/mol. The molecule has 6 heteroatoms. The highest BCUT2D eigenvalue weighted by Crippen LogP contribution is 2.39. The van der Waals surface area contributed by atoms with Crippen LogP contribution >= 0.6 is 11.3 Å². The van der Waals surface area contributed by atoms with E-state index in [9.17, 15) is 10.1 Å². The molecule has 0 atom stereocenters. The number of carbonyl (C=O) groups excluding carboxylic acids is 1. The molecule has 0 saturated heterocycles. The van der Waals surface area contributed by atoms with Crippen LogP contribution in [0.25, 0.3) is 11.0 Å². The van der Waals surface area contributed by atoms with E-state index in [4.69, 9.17) is 9.41 Å². The zero-order valence-corrected chi connectivity index (χ0v) is 18.5. The van der Waals surface area contributed by atoms with Gasteiger partial charge in [-0.3, -0.25) is 4.79 Å².